The number of hydroxylamine groups is 1. The fourth-order valence-corrected chi connectivity index (χ4v) is 0.404. The van der Waals surface area contributed by atoms with Gasteiger partial charge in [-0.05, 0) is 5.21 Å². The highest BCUT2D eigenvalue weighted by atomic mass is 16.8. The Morgan fingerprint density at radius 2 is 2.54 bits per heavy atom. The van der Waals surface area contributed by atoms with Gasteiger partial charge in [0.25, 0.3) is 0 Å². The molecule has 0 unspecified atom stereocenters. The largest absolute Gasteiger partial charge is 0.366 e. The fourth-order valence-electron chi connectivity index (χ4n) is 0.404. The first-order chi connectivity index (χ1) is 6.26. The molecule has 10 heteroatoms. The summed E-state index contributed by atoms with van der Waals surface area (Å²) in [5.74, 6) is 4.60. The van der Waals surface area contributed by atoms with Gasteiger partial charge in [0, 0.05) is 4.96 Å². The molecular weight excluding hydrogens is 178 g/mol. The molecule has 0 atom stereocenters. The van der Waals surface area contributed by atoms with Crippen LogP contribution in [-0.4, -0.2) is 26.3 Å². The quantitative estimate of drug-likeness (QED) is 0.155. The number of hydrazone groups is 1. The van der Waals surface area contributed by atoms with Gasteiger partial charge in [-0.25, -0.2) is 4.94 Å². The van der Waals surface area contributed by atoms with Gasteiger partial charge in [0.15, 0.2) is 0 Å². The van der Waals surface area contributed by atoms with Gasteiger partial charge in [-0.3, -0.25) is 0 Å². The molecule has 1 aromatic heterocycles. The molecule has 1 rings (SSSR count). The Balaban J connectivity index is 2.51. The van der Waals surface area contributed by atoms with Crippen molar-refractivity contribution >= 4 is 5.96 Å². The second-order valence-corrected chi connectivity index (χ2v) is 1.70. The molecule has 1 aromatic rings. The van der Waals surface area contributed by atoms with Crippen LogP contribution in [0.25, 0.3) is 0 Å². The average molecular weight is 184 g/mol. The first kappa shape index (κ1) is 8.53. The van der Waals surface area contributed by atoms with Gasteiger partial charge in [0.05, 0.1) is 0 Å². The molecule has 0 radical (unpaired) electrons. The molecule has 0 aliphatic carbocycles. The molecule has 0 aliphatic rings. The Morgan fingerprint density at radius 3 is 3.08 bits per heavy atom. The third kappa shape index (κ3) is 2.19. The lowest BCUT2D eigenvalue weighted by molar-refractivity contribution is -0.0917. The number of hydrogen-bond donors (Lipinski definition) is 4. The third-order valence-electron chi connectivity index (χ3n) is 0.879. The van der Waals surface area contributed by atoms with Crippen molar-refractivity contribution in [2.75, 3.05) is 0 Å². The maximum Gasteiger partial charge on any atom is 0.353 e. The maximum atomic E-state index is 6.64. The van der Waals surface area contributed by atoms with Crippen LogP contribution < -0.4 is 27.3 Å². The number of aromatic nitrogens is 4. The van der Waals surface area contributed by atoms with Crippen molar-refractivity contribution in [3.8, 4) is 6.07 Å². The fraction of sp³-hybridized carbons (Fsp3) is 0. The highest BCUT2D eigenvalue weighted by Gasteiger charge is 2.04. The average Bonchev–Trinajstić information content (AvgIpc) is 2.61. The topological polar surface area (TPSA) is 153 Å². The molecule has 0 aromatic carbocycles. The number of hydrogen-bond acceptors (Lipinski definition) is 6. The van der Waals surface area contributed by atoms with E-state index in [2.05, 4.69) is 30.9 Å². The number of nitrogens with one attached hydrogen (secondary N) is 2. The van der Waals surface area contributed by atoms with E-state index in [1.165, 1.54) is 0 Å². The standard InChI is InChI=1S/C3H5N9O/c4-1-2-8-11-12(9-2)13-10-3(5)7-6/h6H2,(H3,5,7,10)/p+1. The molecular formula is C3H6N9O+. The van der Waals surface area contributed by atoms with Gasteiger partial charge in [-0.15, -0.1) is 5.10 Å². The van der Waals surface area contributed by atoms with Crippen LogP contribution in [0.2, 0.25) is 0 Å². The molecule has 10 nitrogen and oxygen atoms in total. The summed E-state index contributed by atoms with van der Waals surface area (Å²) in [6, 6.07) is 1.90. The predicted octanol–water partition coefficient (Wildman–Crippen LogP) is -5.08. The molecule has 0 fully saturated rings. The zero-order chi connectivity index (χ0) is 9.68. The molecule has 68 valence electrons. The van der Waals surface area contributed by atoms with Crippen LogP contribution in [0.3, 0.4) is 0 Å². The van der Waals surface area contributed by atoms with Gasteiger partial charge < -0.3 is 11.6 Å². The van der Waals surface area contributed by atoms with Crippen LogP contribution in [0.15, 0.2) is 5.10 Å². The van der Waals surface area contributed by atoms with Crippen LogP contribution in [0, 0.1) is 6.07 Å². The lowest BCUT2D eigenvalue weighted by atomic mass is 10.7. The second kappa shape index (κ2) is 3.72. The summed E-state index contributed by atoms with van der Waals surface area (Å²) in [5.41, 5.74) is 7.20. The van der Waals surface area contributed by atoms with Crippen LogP contribution in [0.1, 0.15) is 5.82 Å². The van der Waals surface area contributed by atoms with Crippen molar-refractivity contribution in [3.05, 3.63) is 5.82 Å². The van der Waals surface area contributed by atoms with Crippen molar-refractivity contribution in [1.29, 1.82) is 0 Å². The highest BCUT2D eigenvalue weighted by molar-refractivity contribution is 5.76. The number of rotatable bonds is 2. The minimum Gasteiger partial charge on any atom is -0.366 e. The minimum absolute atomic E-state index is 0.0231. The Kier molecular flexibility index (Phi) is 2.44. The molecule has 1 heterocycles. The Morgan fingerprint density at radius 1 is 1.77 bits per heavy atom. The van der Waals surface area contributed by atoms with Crippen LogP contribution >= 0.6 is 0 Å². The summed E-state index contributed by atoms with van der Waals surface area (Å²) in [5, 5.41) is 19.9. The highest BCUT2D eigenvalue weighted by Crippen LogP contribution is 1.75. The smallest absolute Gasteiger partial charge is 0.353 e. The first-order valence-electron chi connectivity index (χ1n) is 2.95. The number of tetrazole rings is 1. The van der Waals surface area contributed by atoms with Crippen LogP contribution in [0.4, 0.5) is 0 Å². The zero-order valence-electron chi connectivity index (χ0n) is 6.30. The zero-order valence-corrected chi connectivity index (χ0v) is 6.30. The van der Waals surface area contributed by atoms with E-state index >= 15 is 0 Å². The summed E-state index contributed by atoms with van der Waals surface area (Å²) in [6.45, 7) is 0. The predicted molar refractivity (Wildman–Crippen MR) is 37.3 cm³/mol. The number of guanidine groups is 1. The summed E-state index contributed by atoms with van der Waals surface area (Å²) >= 11 is 0. The second-order valence-electron chi connectivity index (χ2n) is 1.70. The van der Waals surface area contributed by atoms with E-state index in [-0.39, 0.29) is 11.8 Å². The summed E-state index contributed by atoms with van der Waals surface area (Å²) < 4.78 is 0. The number of nitrogens with two attached hydrogens (primary N) is 2. The lowest BCUT2D eigenvalue weighted by Gasteiger charge is -2.00. The van der Waals surface area contributed by atoms with Crippen LogP contribution in [0.5, 0.6) is 0 Å². The third-order valence-corrected chi connectivity index (χ3v) is 0.879. The summed E-state index contributed by atoms with van der Waals surface area (Å²) in [7, 11) is 0. The first-order valence-corrected chi connectivity index (χ1v) is 2.95. The van der Waals surface area contributed by atoms with E-state index in [0.29, 0.717) is 4.96 Å². The minimum atomic E-state index is -0.155. The van der Waals surface area contributed by atoms with Crippen molar-refractivity contribution in [2.45, 2.75) is 0 Å². The molecule has 0 spiro atoms. The van der Waals surface area contributed by atoms with Gasteiger partial charge in [0.1, 0.15) is 0 Å². The van der Waals surface area contributed by atoms with E-state index in [4.69, 9.17) is 16.8 Å². The van der Waals surface area contributed by atoms with Gasteiger partial charge >= 0.3 is 11.9 Å². The molecule has 0 saturated carbocycles. The lowest BCUT2D eigenvalue weighted by Crippen LogP contribution is -2.40. The molecule has 13 heavy (non-hydrogen) atoms. The molecule has 0 saturated heterocycles. The van der Waals surface area contributed by atoms with E-state index in [1.807, 2.05) is 6.07 Å². The van der Waals surface area contributed by atoms with E-state index in [0.717, 1.165) is 0 Å². The van der Waals surface area contributed by atoms with E-state index < -0.39 is 0 Å². The van der Waals surface area contributed by atoms with Crippen molar-refractivity contribution in [2.24, 2.45) is 16.7 Å². The van der Waals surface area contributed by atoms with E-state index in [1.54, 1.807) is 0 Å². The van der Waals surface area contributed by atoms with Crippen molar-refractivity contribution in [1.82, 2.24) is 25.9 Å². The maximum absolute atomic E-state index is 6.64. The number of nitrogens with zero attached hydrogens (tertiary/aromatic N) is 5. The summed E-state index contributed by atoms with van der Waals surface area (Å²) in [6.07, 6.45) is 0. The molecule has 0 amide bonds. The molecule has 0 aliphatic heterocycles. The van der Waals surface area contributed by atoms with Gasteiger partial charge in [-0.2, -0.15) is 5.48 Å². The Bertz CT molecular complexity index is 346. The Labute approximate surface area is 71.7 Å². The Hall–Kier alpha value is -2.57. The summed E-state index contributed by atoms with van der Waals surface area (Å²) in [4.78, 5) is 5.25. The van der Waals surface area contributed by atoms with Crippen molar-refractivity contribution < 1.29 is 10.2 Å². The van der Waals surface area contributed by atoms with Crippen LogP contribution in [-0.2, 0) is 0 Å². The monoisotopic (exact) mass is 184 g/mol. The molecule has 0 bridgehead atoms. The van der Waals surface area contributed by atoms with E-state index in [9.17, 15) is 0 Å². The molecule has 6 N–H and O–H groups in total. The van der Waals surface area contributed by atoms with Gasteiger partial charge in [0.2, 0.25) is 5.96 Å². The van der Waals surface area contributed by atoms with Gasteiger partial charge in [-0.1, -0.05) is 15.5 Å². The SMILES string of the molecule is [NH+]#Cc1nnn(ONC(N)=NN)n1. The normalized spacial score (nSPS) is 10.5. The van der Waals surface area contributed by atoms with Crippen molar-refractivity contribution in [3.63, 3.8) is 0 Å².